The van der Waals surface area contributed by atoms with E-state index in [4.69, 9.17) is 11.6 Å². The molecule has 2 heterocycles. The van der Waals surface area contributed by atoms with Gasteiger partial charge in [-0.2, -0.15) is 0 Å². The normalized spacial score (nSPS) is 26.1. The highest BCUT2D eigenvalue weighted by Crippen LogP contribution is 2.36. The van der Waals surface area contributed by atoms with Crippen LogP contribution in [-0.2, 0) is 4.79 Å². The number of para-hydroxylation sites is 1. The molecule has 1 aromatic carbocycles. The summed E-state index contributed by atoms with van der Waals surface area (Å²) in [5, 5.41) is 5.97. The molecule has 0 saturated carbocycles. The Morgan fingerprint density at radius 3 is 2.88 bits per heavy atom. The average Bonchev–Trinajstić information content (AvgIpc) is 2.86. The van der Waals surface area contributed by atoms with E-state index in [0.717, 1.165) is 42.5 Å². The van der Waals surface area contributed by atoms with E-state index in [1.54, 1.807) is 6.08 Å². The van der Waals surface area contributed by atoms with Crippen LogP contribution in [0.15, 0.2) is 23.1 Å². The zero-order chi connectivity index (χ0) is 17.3. The van der Waals surface area contributed by atoms with Gasteiger partial charge in [0.15, 0.2) is 0 Å². The predicted octanol–water partition coefficient (Wildman–Crippen LogP) is 3.10. The van der Waals surface area contributed by atoms with Gasteiger partial charge in [0.05, 0.1) is 15.6 Å². The van der Waals surface area contributed by atoms with E-state index in [2.05, 4.69) is 22.5 Å². The van der Waals surface area contributed by atoms with Crippen molar-refractivity contribution in [2.24, 2.45) is 5.92 Å². The average molecular weight is 366 g/mol. The van der Waals surface area contributed by atoms with E-state index in [0.29, 0.717) is 21.9 Å². The first-order valence-electron chi connectivity index (χ1n) is 7.95. The standard InChI is InChI=1S/C17H20ClN3O2S/c1-10-6-7-21(9-13(10)19-2)15-11(4-3-5-12(15)18)8-14-16(22)20-17(23)24-14/h3-5,8,10,13,19H,6-7,9H2,1-2H3,(H,20,22,23). The molecule has 2 amide bonds. The molecule has 2 atom stereocenters. The third-order valence-corrected chi connectivity index (χ3v) is 5.71. The molecule has 3 rings (SSSR count). The summed E-state index contributed by atoms with van der Waals surface area (Å²) in [6, 6.07) is 6.04. The molecular weight excluding hydrogens is 346 g/mol. The van der Waals surface area contributed by atoms with Crippen LogP contribution in [0.3, 0.4) is 0 Å². The highest BCUT2D eigenvalue weighted by molar-refractivity contribution is 8.18. The SMILES string of the molecule is CNC1CN(c2c(Cl)cccc2C=C2SC(=O)NC2=O)CCC1C. The number of benzene rings is 1. The van der Waals surface area contributed by atoms with E-state index >= 15 is 0 Å². The van der Waals surface area contributed by atoms with Gasteiger partial charge in [0.2, 0.25) is 0 Å². The van der Waals surface area contributed by atoms with Crippen molar-refractivity contribution in [3.63, 3.8) is 0 Å². The quantitative estimate of drug-likeness (QED) is 0.806. The number of carbonyl (C=O) groups is 2. The first-order chi connectivity index (χ1) is 11.5. The van der Waals surface area contributed by atoms with Crippen molar-refractivity contribution in [1.29, 1.82) is 0 Å². The zero-order valence-electron chi connectivity index (χ0n) is 13.6. The van der Waals surface area contributed by atoms with Gasteiger partial charge in [-0.15, -0.1) is 0 Å². The summed E-state index contributed by atoms with van der Waals surface area (Å²) < 4.78 is 0. The van der Waals surface area contributed by atoms with Crippen LogP contribution in [0.5, 0.6) is 0 Å². The van der Waals surface area contributed by atoms with Crippen molar-refractivity contribution in [2.75, 3.05) is 25.0 Å². The Balaban J connectivity index is 1.95. The lowest BCUT2D eigenvalue weighted by molar-refractivity contribution is -0.115. The number of piperidine rings is 1. The second-order valence-electron chi connectivity index (χ2n) is 6.14. The molecule has 0 bridgehead atoms. The lowest BCUT2D eigenvalue weighted by atomic mass is 9.93. The van der Waals surface area contributed by atoms with E-state index in [-0.39, 0.29) is 11.1 Å². The molecule has 0 radical (unpaired) electrons. The fourth-order valence-electron chi connectivity index (χ4n) is 3.19. The maximum absolute atomic E-state index is 11.8. The van der Waals surface area contributed by atoms with Gasteiger partial charge in [0, 0.05) is 24.7 Å². The number of imide groups is 1. The lowest BCUT2D eigenvalue weighted by Gasteiger charge is -2.39. The molecule has 7 heteroatoms. The second-order valence-corrected chi connectivity index (χ2v) is 7.56. The van der Waals surface area contributed by atoms with Crippen LogP contribution in [0.1, 0.15) is 18.9 Å². The summed E-state index contributed by atoms with van der Waals surface area (Å²) in [6.45, 7) is 4.02. The van der Waals surface area contributed by atoms with Gasteiger partial charge in [0.1, 0.15) is 0 Å². The first kappa shape index (κ1) is 17.3. The van der Waals surface area contributed by atoms with Crippen LogP contribution in [0.25, 0.3) is 6.08 Å². The Morgan fingerprint density at radius 2 is 2.21 bits per heavy atom. The monoisotopic (exact) mass is 365 g/mol. The summed E-state index contributed by atoms with van der Waals surface area (Å²) in [7, 11) is 1.98. The smallest absolute Gasteiger partial charge is 0.290 e. The number of amides is 2. The van der Waals surface area contributed by atoms with E-state index in [1.807, 2.05) is 25.2 Å². The Bertz CT molecular complexity index is 707. The molecule has 128 valence electrons. The number of hydrogen-bond acceptors (Lipinski definition) is 5. The van der Waals surface area contributed by atoms with Crippen LogP contribution in [0.4, 0.5) is 10.5 Å². The fraction of sp³-hybridized carbons (Fsp3) is 0.412. The number of thioether (sulfide) groups is 1. The van der Waals surface area contributed by atoms with Crippen molar-refractivity contribution in [2.45, 2.75) is 19.4 Å². The number of nitrogens with zero attached hydrogens (tertiary/aromatic N) is 1. The van der Waals surface area contributed by atoms with E-state index in [1.165, 1.54) is 0 Å². The fourth-order valence-corrected chi connectivity index (χ4v) is 4.17. The van der Waals surface area contributed by atoms with Crippen LogP contribution >= 0.6 is 23.4 Å². The van der Waals surface area contributed by atoms with Crippen LogP contribution in [-0.4, -0.2) is 37.3 Å². The molecule has 0 aromatic heterocycles. The van der Waals surface area contributed by atoms with Gasteiger partial charge >= 0.3 is 0 Å². The highest BCUT2D eigenvalue weighted by Gasteiger charge is 2.29. The predicted molar refractivity (Wildman–Crippen MR) is 99.4 cm³/mol. The van der Waals surface area contributed by atoms with E-state index in [9.17, 15) is 9.59 Å². The molecule has 2 unspecified atom stereocenters. The lowest BCUT2D eigenvalue weighted by Crippen LogP contribution is -2.49. The summed E-state index contributed by atoms with van der Waals surface area (Å²) in [6.07, 6.45) is 2.82. The second kappa shape index (κ2) is 7.17. The molecule has 2 aliphatic heterocycles. The maximum Gasteiger partial charge on any atom is 0.290 e. The minimum absolute atomic E-state index is 0.336. The number of likely N-dealkylation sites (N-methyl/N-ethyl adjacent to an activating group) is 1. The van der Waals surface area contributed by atoms with Gasteiger partial charge in [-0.05, 0) is 43.3 Å². The van der Waals surface area contributed by atoms with Crippen LogP contribution in [0.2, 0.25) is 5.02 Å². The Morgan fingerprint density at radius 1 is 1.42 bits per heavy atom. The number of hydrogen-bond donors (Lipinski definition) is 2. The largest absolute Gasteiger partial charge is 0.368 e. The Kier molecular flexibility index (Phi) is 5.18. The van der Waals surface area contributed by atoms with Crippen molar-refractivity contribution < 1.29 is 9.59 Å². The third-order valence-electron chi connectivity index (χ3n) is 4.59. The number of carbonyl (C=O) groups excluding carboxylic acids is 2. The molecule has 1 aromatic rings. The molecule has 2 N–H and O–H groups in total. The summed E-state index contributed by atoms with van der Waals surface area (Å²) in [4.78, 5) is 25.9. The third kappa shape index (κ3) is 3.45. The van der Waals surface area contributed by atoms with Crippen molar-refractivity contribution in [3.05, 3.63) is 33.7 Å². The number of nitrogens with one attached hydrogen (secondary N) is 2. The zero-order valence-corrected chi connectivity index (χ0v) is 15.2. The first-order valence-corrected chi connectivity index (χ1v) is 9.14. The molecule has 5 nitrogen and oxygen atoms in total. The Labute approximate surface area is 150 Å². The summed E-state index contributed by atoms with van der Waals surface area (Å²) in [5.41, 5.74) is 1.78. The molecule has 2 fully saturated rings. The van der Waals surface area contributed by atoms with Gasteiger partial charge in [0.25, 0.3) is 11.1 Å². The van der Waals surface area contributed by atoms with Crippen molar-refractivity contribution in [1.82, 2.24) is 10.6 Å². The summed E-state index contributed by atoms with van der Waals surface area (Å²) in [5.74, 6) is 0.251. The molecule has 0 aliphatic carbocycles. The van der Waals surface area contributed by atoms with E-state index < -0.39 is 0 Å². The number of halogens is 1. The highest BCUT2D eigenvalue weighted by atomic mass is 35.5. The maximum atomic E-state index is 11.8. The topological polar surface area (TPSA) is 61.4 Å². The van der Waals surface area contributed by atoms with Gasteiger partial charge in [-0.25, -0.2) is 0 Å². The molecule has 0 spiro atoms. The van der Waals surface area contributed by atoms with Gasteiger partial charge in [-0.1, -0.05) is 30.7 Å². The summed E-state index contributed by atoms with van der Waals surface area (Å²) >= 11 is 7.40. The number of anilines is 1. The molecular formula is C17H20ClN3O2S. The minimum atomic E-state index is -0.351. The minimum Gasteiger partial charge on any atom is -0.368 e. The Hall–Kier alpha value is -1.50. The van der Waals surface area contributed by atoms with Crippen molar-refractivity contribution >= 4 is 46.3 Å². The van der Waals surface area contributed by atoms with Crippen molar-refractivity contribution in [3.8, 4) is 0 Å². The van der Waals surface area contributed by atoms with Crippen LogP contribution in [0, 0.1) is 5.92 Å². The number of rotatable bonds is 3. The van der Waals surface area contributed by atoms with Gasteiger partial charge in [-0.3, -0.25) is 14.9 Å². The van der Waals surface area contributed by atoms with Crippen LogP contribution < -0.4 is 15.5 Å². The molecule has 2 saturated heterocycles. The molecule has 24 heavy (non-hydrogen) atoms. The molecule has 2 aliphatic rings. The van der Waals surface area contributed by atoms with Gasteiger partial charge < -0.3 is 10.2 Å².